The zero-order valence-electron chi connectivity index (χ0n) is 14.1. The molecule has 6 atom stereocenters. The van der Waals surface area contributed by atoms with Crippen LogP contribution in [0, 0.1) is 17.3 Å². The minimum absolute atomic E-state index is 0.0223. The quantitative estimate of drug-likeness (QED) is 0.797. The SMILES string of the molecule is CC1(C)[C@@H]2C[C@@H]3[C@H]4C[C@@]5(Nc6ccccc6[C@@H]5N41)[C@]3(C)CC2=O. The predicted octanol–water partition coefficient (Wildman–Crippen LogP) is 3.37. The van der Waals surface area contributed by atoms with Crippen LogP contribution < -0.4 is 5.32 Å². The summed E-state index contributed by atoms with van der Waals surface area (Å²) in [7, 11) is 0. The Kier molecular flexibility index (Phi) is 1.90. The molecule has 5 aliphatic rings. The van der Waals surface area contributed by atoms with Crippen molar-refractivity contribution in [3.05, 3.63) is 29.8 Å². The molecule has 2 aliphatic carbocycles. The fourth-order valence-corrected chi connectivity index (χ4v) is 7.57. The molecule has 1 N–H and O–H groups in total. The van der Waals surface area contributed by atoms with E-state index in [9.17, 15) is 4.79 Å². The summed E-state index contributed by atoms with van der Waals surface area (Å²) in [5, 5.41) is 3.96. The van der Waals surface area contributed by atoms with E-state index in [1.54, 1.807) is 0 Å². The summed E-state index contributed by atoms with van der Waals surface area (Å²) < 4.78 is 0. The molecule has 3 aliphatic heterocycles. The summed E-state index contributed by atoms with van der Waals surface area (Å²) in [5.74, 6) is 1.41. The van der Waals surface area contributed by atoms with Crippen LogP contribution in [0.15, 0.2) is 24.3 Å². The molecule has 0 radical (unpaired) electrons. The Morgan fingerprint density at radius 2 is 2.00 bits per heavy atom. The first kappa shape index (κ1) is 13.0. The predicted molar refractivity (Wildman–Crippen MR) is 89.2 cm³/mol. The second-order valence-corrected chi connectivity index (χ2v) is 9.37. The van der Waals surface area contributed by atoms with Crippen molar-refractivity contribution in [3.63, 3.8) is 0 Å². The van der Waals surface area contributed by atoms with Gasteiger partial charge in [0.25, 0.3) is 0 Å². The number of nitrogens with one attached hydrogen (secondary N) is 1. The summed E-state index contributed by atoms with van der Waals surface area (Å²) in [5.41, 5.74) is 2.91. The van der Waals surface area contributed by atoms with E-state index in [-0.39, 0.29) is 22.4 Å². The number of carbonyl (C=O) groups is 1. The maximum absolute atomic E-state index is 13.0. The number of ketones is 1. The number of hydrogen-bond donors (Lipinski definition) is 1. The molecule has 1 aromatic carbocycles. The van der Waals surface area contributed by atoms with Crippen molar-refractivity contribution in [3.8, 4) is 0 Å². The largest absolute Gasteiger partial charge is 0.377 e. The summed E-state index contributed by atoms with van der Waals surface area (Å²) in [6, 6.07) is 9.92. The zero-order valence-corrected chi connectivity index (χ0v) is 14.1. The Labute approximate surface area is 137 Å². The van der Waals surface area contributed by atoms with E-state index in [2.05, 4.69) is 55.3 Å². The van der Waals surface area contributed by atoms with Crippen LogP contribution in [0.3, 0.4) is 0 Å². The third-order valence-corrected chi connectivity index (χ3v) is 8.49. The van der Waals surface area contributed by atoms with Crippen LogP contribution in [0.1, 0.15) is 51.6 Å². The fourth-order valence-electron chi connectivity index (χ4n) is 7.57. The molecule has 3 nitrogen and oxygen atoms in total. The molecule has 0 amide bonds. The summed E-state index contributed by atoms with van der Waals surface area (Å²) in [4.78, 5) is 15.7. The van der Waals surface area contributed by atoms with Crippen molar-refractivity contribution >= 4 is 11.5 Å². The van der Waals surface area contributed by atoms with Gasteiger partial charge in [0.2, 0.25) is 0 Å². The first-order valence-electron chi connectivity index (χ1n) is 9.08. The maximum atomic E-state index is 13.0. The Hall–Kier alpha value is -1.35. The molecule has 6 rings (SSSR count). The van der Waals surface area contributed by atoms with Gasteiger partial charge in [-0.05, 0) is 44.2 Å². The lowest BCUT2D eigenvalue weighted by atomic mass is 9.50. The van der Waals surface area contributed by atoms with E-state index in [1.807, 2.05) is 0 Å². The Bertz CT molecular complexity index is 771. The standard InChI is InChI=1S/C20H24N2O/c1-18(2)13-8-12-15-9-20(19(12,3)10-16(13)23)17(22(15)18)11-6-4-5-7-14(11)21-20/h4-7,12-13,15,17,21H,8-10H2,1-3H3/t12-,13-,15-,17+,19-,20+/m1/s1. The molecule has 4 fully saturated rings. The molecule has 3 heteroatoms. The number of benzene rings is 1. The maximum Gasteiger partial charge on any atom is 0.138 e. The van der Waals surface area contributed by atoms with Gasteiger partial charge in [-0.1, -0.05) is 25.1 Å². The van der Waals surface area contributed by atoms with Crippen molar-refractivity contribution in [2.45, 2.75) is 63.2 Å². The normalized spacial score (nSPS) is 50.8. The van der Waals surface area contributed by atoms with E-state index < -0.39 is 0 Å². The average Bonchev–Trinajstić information content (AvgIpc) is 3.06. The first-order chi connectivity index (χ1) is 10.9. The number of hydrogen-bond acceptors (Lipinski definition) is 3. The van der Waals surface area contributed by atoms with Gasteiger partial charge in [-0.25, -0.2) is 0 Å². The number of piperidine rings is 2. The monoisotopic (exact) mass is 308 g/mol. The molecule has 1 aromatic rings. The van der Waals surface area contributed by atoms with Crippen LogP contribution in [-0.2, 0) is 4.79 Å². The van der Waals surface area contributed by atoms with E-state index in [4.69, 9.17) is 0 Å². The number of Topliss-reactive ketones (excluding diaryl/α,β-unsaturated/α-hetero) is 1. The highest BCUT2D eigenvalue weighted by Crippen LogP contribution is 2.76. The minimum Gasteiger partial charge on any atom is -0.377 e. The second kappa shape index (κ2) is 3.37. The summed E-state index contributed by atoms with van der Waals surface area (Å²) in [6.45, 7) is 7.06. The molecule has 0 unspecified atom stereocenters. The third-order valence-electron chi connectivity index (χ3n) is 8.49. The molecule has 4 bridgehead atoms. The van der Waals surface area contributed by atoms with E-state index in [0.717, 1.165) is 12.8 Å². The molecule has 0 aromatic heterocycles. The highest BCUT2D eigenvalue weighted by Gasteiger charge is 2.80. The van der Waals surface area contributed by atoms with E-state index >= 15 is 0 Å². The number of nitrogens with zero attached hydrogens (tertiary/aromatic N) is 1. The van der Waals surface area contributed by atoms with Gasteiger partial charge in [0, 0.05) is 35.0 Å². The molecule has 2 saturated carbocycles. The number of para-hydroxylation sites is 1. The van der Waals surface area contributed by atoms with Gasteiger partial charge in [0.05, 0.1) is 11.6 Å². The van der Waals surface area contributed by atoms with Gasteiger partial charge in [-0.2, -0.15) is 0 Å². The highest BCUT2D eigenvalue weighted by molar-refractivity contribution is 5.86. The van der Waals surface area contributed by atoms with Gasteiger partial charge >= 0.3 is 0 Å². The van der Waals surface area contributed by atoms with E-state index in [0.29, 0.717) is 23.8 Å². The molecule has 2 saturated heterocycles. The van der Waals surface area contributed by atoms with Crippen LogP contribution >= 0.6 is 0 Å². The van der Waals surface area contributed by atoms with Crippen LogP contribution in [0.2, 0.25) is 0 Å². The first-order valence-corrected chi connectivity index (χ1v) is 9.08. The van der Waals surface area contributed by atoms with Gasteiger partial charge in [0.15, 0.2) is 0 Å². The summed E-state index contributed by atoms with van der Waals surface area (Å²) in [6.07, 6.45) is 3.08. The highest BCUT2D eigenvalue weighted by atomic mass is 16.1. The van der Waals surface area contributed by atoms with Crippen molar-refractivity contribution in [1.29, 1.82) is 0 Å². The van der Waals surface area contributed by atoms with Gasteiger partial charge in [-0.15, -0.1) is 0 Å². The zero-order chi connectivity index (χ0) is 15.8. The van der Waals surface area contributed by atoms with Crippen molar-refractivity contribution < 1.29 is 4.79 Å². The Morgan fingerprint density at radius 3 is 2.83 bits per heavy atom. The van der Waals surface area contributed by atoms with Crippen LogP contribution in [-0.4, -0.2) is 27.8 Å². The lowest BCUT2D eigenvalue weighted by Gasteiger charge is -2.65. The van der Waals surface area contributed by atoms with Crippen molar-refractivity contribution in [2.24, 2.45) is 17.3 Å². The molecule has 23 heavy (non-hydrogen) atoms. The number of anilines is 1. The van der Waals surface area contributed by atoms with E-state index in [1.165, 1.54) is 17.7 Å². The van der Waals surface area contributed by atoms with Gasteiger partial charge < -0.3 is 5.32 Å². The minimum atomic E-state index is -0.0223. The van der Waals surface area contributed by atoms with Gasteiger partial charge in [-0.3, -0.25) is 9.69 Å². The molecular weight excluding hydrogens is 284 g/mol. The molecular formula is C20H24N2O. The molecule has 3 heterocycles. The number of carbonyl (C=O) groups excluding carboxylic acids is 1. The summed E-state index contributed by atoms with van der Waals surface area (Å²) >= 11 is 0. The topological polar surface area (TPSA) is 32.3 Å². The number of fused-ring (bicyclic) bond motifs is 4. The lowest BCUT2D eigenvalue weighted by molar-refractivity contribution is -0.175. The van der Waals surface area contributed by atoms with Crippen molar-refractivity contribution in [1.82, 2.24) is 4.90 Å². The molecule has 1 spiro atoms. The van der Waals surface area contributed by atoms with Crippen molar-refractivity contribution in [2.75, 3.05) is 5.32 Å². The third kappa shape index (κ3) is 1.08. The number of rotatable bonds is 0. The van der Waals surface area contributed by atoms with Crippen LogP contribution in [0.25, 0.3) is 0 Å². The molecule has 120 valence electrons. The Balaban J connectivity index is 1.67. The average molecular weight is 308 g/mol. The fraction of sp³-hybridized carbons (Fsp3) is 0.650. The van der Waals surface area contributed by atoms with Crippen LogP contribution in [0.5, 0.6) is 0 Å². The van der Waals surface area contributed by atoms with Crippen LogP contribution in [0.4, 0.5) is 5.69 Å². The second-order valence-electron chi connectivity index (χ2n) is 9.37. The lowest BCUT2D eigenvalue weighted by Crippen LogP contribution is -2.72. The van der Waals surface area contributed by atoms with Gasteiger partial charge in [0.1, 0.15) is 5.78 Å². The Morgan fingerprint density at radius 1 is 1.22 bits per heavy atom. The smallest absolute Gasteiger partial charge is 0.138 e.